The highest BCUT2D eigenvalue weighted by molar-refractivity contribution is 5.89. The summed E-state index contributed by atoms with van der Waals surface area (Å²) in [5.41, 5.74) is -0.00203. The zero-order valence-electron chi connectivity index (χ0n) is 20.8. The van der Waals surface area contributed by atoms with E-state index in [0.29, 0.717) is 24.6 Å². The third-order valence-electron chi connectivity index (χ3n) is 8.65. The van der Waals surface area contributed by atoms with Gasteiger partial charge < -0.3 is 9.84 Å². The van der Waals surface area contributed by atoms with Crippen molar-refractivity contribution in [2.75, 3.05) is 6.54 Å². The average molecular weight is 544 g/mol. The van der Waals surface area contributed by atoms with E-state index in [-0.39, 0.29) is 54.8 Å². The lowest BCUT2D eigenvalue weighted by Gasteiger charge is -2.37. The van der Waals surface area contributed by atoms with Crippen LogP contribution in [0.15, 0.2) is 30.3 Å². The van der Waals surface area contributed by atoms with Crippen LogP contribution in [0.2, 0.25) is 0 Å². The predicted octanol–water partition coefficient (Wildman–Crippen LogP) is 7.23. The number of carbonyl (C=O) groups is 1. The van der Waals surface area contributed by atoms with Crippen LogP contribution in [-0.4, -0.2) is 46.9 Å². The molecule has 1 aliphatic carbocycles. The Morgan fingerprint density at radius 3 is 2.16 bits per heavy atom. The fourth-order valence-electron chi connectivity index (χ4n) is 6.69. The first-order valence-electron chi connectivity index (χ1n) is 13.2. The molecule has 2 saturated heterocycles. The minimum atomic E-state index is -4.69. The van der Waals surface area contributed by atoms with Gasteiger partial charge >= 0.3 is 18.3 Å². The van der Waals surface area contributed by atoms with Crippen LogP contribution in [0, 0.1) is 11.8 Å². The fourth-order valence-corrected chi connectivity index (χ4v) is 6.69. The van der Waals surface area contributed by atoms with E-state index in [0.717, 1.165) is 24.9 Å². The van der Waals surface area contributed by atoms with Gasteiger partial charge in [0.25, 0.3) is 0 Å². The summed E-state index contributed by atoms with van der Waals surface area (Å²) in [6.07, 6.45) is -5.99. The molecule has 0 radical (unpaired) electrons. The van der Waals surface area contributed by atoms with Crippen LogP contribution in [-0.2, 0) is 17.4 Å². The average Bonchev–Trinajstić information content (AvgIpc) is 3.07. The zero-order chi connectivity index (χ0) is 27.2. The number of alkyl halides is 6. The standard InChI is InChI=1S/C28H31F6NO3/c29-27(30,31)19-3-7-22(8-4-19)38-24-10-2-17-13-16(1-9-23(17)25(24)28(32,33)34)11-12-35-20-5-6-21(35)15-18(14-20)26(36)37/h1-2,9-10,13,18-22H,3-8,11-12,14-15H2,(H,36,37)/t18?,19-,20?,21?,22+. The van der Waals surface area contributed by atoms with Crippen molar-refractivity contribution in [3.8, 4) is 5.75 Å². The molecule has 2 aliphatic heterocycles. The van der Waals surface area contributed by atoms with Gasteiger partial charge in [0, 0.05) is 18.6 Å². The third kappa shape index (κ3) is 5.60. The van der Waals surface area contributed by atoms with Gasteiger partial charge in [0.2, 0.25) is 0 Å². The molecule has 2 unspecified atom stereocenters. The highest BCUT2D eigenvalue weighted by Gasteiger charge is 2.44. The number of piperidine rings is 1. The van der Waals surface area contributed by atoms with E-state index in [2.05, 4.69) is 4.90 Å². The highest BCUT2D eigenvalue weighted by Crippen LogP contribution is 2.44. The predicted molar refractivity (Wildman–Crippen MR) is 129 cm³/mol. The molecular formula is C28H31F6NO3. The van der Waals surface area contributed by atoms with Crippen molar-refractivity contribution < 1.29 is 41.0 Å². The smallest absolute Gasteiger partial charge is 0.420 e. The molecule has 0 spiro atoms. The van der Waals surface area contributed by atoms with Crippen molar-refractivity contribution in [3.63, 3.8) is 0 Å². The number of benzene rings is 2. The summed E-state index contributed by atoms with van der Waals surface area (Å²) >= 11 is 0. The van der Waals surface area contributed by atoms with Gasteiger partial charge in [0.05, 0.1) is 17.9 Å². The topological polar surface area (TPSA) is 49.8 Å². The monoisotopic (exact) mass is 543 g/mol. The molecule has 208 valence electrons. The van der Waals surface area contributed by atoms with E-state index >= 15 is 0 Å². The lowest BCUT2D eigenvalue weighted by Crippen LogP contribution is -2.45. The Morgan fingerprint density at radius 2 is 1.58 bits per heavy atom. The zero-order valence-corrected chi connectivity index (χ0v) is 20.8. The Labute approximate surface area is 216 Å². The van der Waals surface area contributed by atoms with E-state index in [1.165, 1.54) is 12.1 Å². The van der Waals surface area contributed by atoms with Gasteiger partial charge in [0.1, 0.15) is 11.3 Å². The molecule has 38 heavy (non-hydrogen) atoms. The minimum absolute atomic E-state index is 0.00469. The van der Waals surface area contributed by atoms with Gasteiger partial charge in [-0.25, -0.2) is 0 Å². The molecule has 3 aliphatic rings. The van der Waals surface area contributed by atoms with Gasteiger partial charge in [0.15, 0.2) is 0 Å². The van der Waals surface area contributed by atoms with E-state index in [4.69, 9.17) is 4.74 Å². The van der Waals surface area contributed by atoms with E-state index in [9.17, 15) is 36.2 Å². The number of aliphatic carboxylic acids is 1. The van der Waals surface area contributed by atoms with Crippen LogP contribution in [0.4, 0.5) is 26.3 Å². The number of hydrogen-bond donors (Lipinski definition) is 1. The summed E-state index contributed by atoms with van der Waals surface area (Å²) in [5.74, 6) is -2.82. The third-order valence-corrected chi connectivity index (χ3v) is 8.65. The fraction of sp³-hybridized carbons (Fsp3) is 0.607. The van der Waals surface area contributed by atoms with Crippen LogP contribution in [0.25, 0.3) is 10.8 Å². The van der Waals surface area contributed by atoms with Crippen LogP contribution >= 0.6 is 0 Å². The molecule has 10 heteroatoms. The van der Waals surface area contributed by atoms with E-state index in [1.54, 1.807) is 18.2 Å². The number of halogens is 6. The Balaban J connectivity index is 1.30. The van der Waals surface area contributed by atoms with Crippen LogP contribution < -0.4 is 4.74 Å². The normalized spacial score (nSPS) is 28.5. The van der Waals surface area contributed by atoms with Gasteiger partial charge in [-0.3, -0.25) is 9.69 Å². The van der Waals surface area contributed by atoms with Gasteiger partial charge in [-0.15, -0.1) is 0 Å². The lowest BCUT2D eigenvalue weighted by atomic mass is 9.87. The van der Waals surface area contributed by atoms with Crippen LogP contribution in [0.1, 0.15) is 62.5 Å². The van der Waals surface area contributed by atoms with Crippen molar-refractivity contribution in [3.05, 3.63) is 41.5 Å². The molecule has 2 atom stereocenters. The number of carboxylic acids is 1. The Hall–Kier alpha value is -2.49. The second-order valence-corrected chi connectivity index (χ2v) is 11.0. The minimum Gasteiger partial charge on any atom is -0.490 e. The van der Waals surface area contributed by atoms with E-state index < -0.39 is 35.9 Å². The van der Waals surface area contributed by atoms with Crippen molar-refractivity contribution >= 4 is 16.7 Å². The number of ether oxygens (including phenoxy) is 1. The maximum Gasteiger partial charge on any atom is 0.420 e. The quantitative estimate of drug-likeness (QED) is 0.391. The Morgan fingerprint density at radius 1 is 0.921 bits per heavy atom. The Bertz CT molecular complexity index is 1160. The maximum atomic E-state index is 14.1. The lowest BCUT2D eigenvalue weighted by molar-refractivity contribution is -0.185. The number of carboxylic acid groups (broad SMARTS) is 1. The highest BCUT2D eigenvalue weighted by atomic mass is 19.4. The Kier molecular flexibility index (Phi) is 7.30. The molecule has 2 aromatic rings. The number of nitrogens with zero attached hydrogens (tertiary/aromatic N) is 1. The largest absolute Gasteiger partial charge is 0.490 e. The number of rotatable bonds is 6. The molecule has 2 aromatic carbocycles. The van der Waals surface area contributed by atoms with Crippen molar-refractivity contribution in [1.82, 2.24) is 4.90 Å². The molecule has 5 rings (SSSR count). The maximum absolute atomic E-state index is 14.1. The molecule has 2 heterocycles. The second kappa shape index (κ2) is 10.2. The van der Waals surface area contributed by atoms with Crippen LogP contribution in [0.5, 0.6) is 5.75 Å². The first-order chi connectivity index (χ1) is 17.9. The molecule has 4 nitrogen and oxygen atoms in total. The van der Waals surface area contributed by atoms with Gasteiger partial charge in [-0.2, -0.15) is 26.3 Å². The second-order valence-electron chi connectivity index (χ2n) is 11.0. The molecule has 3 fully saturated rings. The van der Waals surface area contributed by atoms with Crippen molar-refractivity contribution in [2.45, 2.75) is 88.3 Å². The molecule has 0 amide bonds. The van der Waals surface area contributed by atoms with Gasteiger partial charge in [-0.05, 0) is 80.2 Å². The summed E-state index contributed by atoms with van der Waals surface area (Å²) in [6.45, 7) is 0.723. The summed E-state index contributed by atoms with van der Waals surface area (Å²) in [7, 11) is 0. The van der Waals surface area contributed by atoms with E-state index in [1.807, 2.05) is 0 Å². The molecule has 0 aromatic heterocycles. The summed E-state index contributed by atoms with van der Waals surface area (Å²) in [5, 5.41) is 9.81. The first kappa shape index (κ1) is 27.1. The van der Waals surface area contributed by atoms with Gasteiger partial charge in [-0.1, -0.05) is 24.3 Å². The molecule has 1 saturated carbocycles. The van der Waals surface area contributed by atoms with Crippen LogP contribution in [0.3, 0.4) is 0 Å². The molecule has 2 bridgehead atoms. The number of fused-ring (bicyclic) bond motifs is 3. The SMILES string of the molecule is O=C(O)C1CC2CCC(C1)N2CCc1ccc2c(C(F)(F)F)c(O[C@H]3CC[C@@H](C(F)(F)F)CC3)ccc2c1. The molecular weight excluding hydrogens is 512 g/mol. The molecule has 1 N–H and O–H groups in total. The first-order valence-corrected chi connectivity index (χ1v) is 13.2. The number of hydrogen-bond acceptors (Lipinski definition) is 3. The van der Waals surface area contributed by atoms with Crippen molar-refractivity contribution in [1.29, 1.82) is 0 Å². The summed E-state index contributed by atoms with van der Waals surface area (Å²) in [4.78, 5) is 13.8. The summed E-state index contributed by atoms with van der Waals surface area (Å²) in [6, 6.07) is 8.20. The summed E-state index contributed by atoms with van der Waals surface area (Å²) < 4.78 is 87.0. The van der Waals surface area contributed by atoms with Crippen molar-refractivity contribution in [2.24, 2.45) is 11.8 Å².